The maximum atomic E-state index is 5.68. The van der Waals surface area contributed by atoms with Crippen molar-refractivity contribution in [3.05, 3.63) is 35.9 Å². The molecule has 3 unspecified atom stereocenters. The number of rotatable bonds is 7. The largest absolute Gasteiger partial charge is 0.379 e. The third-order valence-electron chi connectivity index (χ3n) is 6.44. The fourth-order valence-electron chi connectivity index (χ4n) is 4.83. The number of aliphatic imine (C=N–C) groups is 1. The van der Waals surface area contributed by atoms with Crippen LogP contribution in [0.1, 0.15) is 58.9 Å². The Balaban J connectivity index is 1.59. The van der Waals surface area contributed by atoms with Crippen molar-refractivity contribution < 1.29 is 4.74 Å². The lowest BCUT2D eigenvalue weighted by atomic mass is 9.89. The average Bonchev–Trinajstić information content (AvgIpc) is 2.91. The van der Waals surface area contributed by atoms with Crippen LogP contribution >= 0.6 is 0 Å². The molecule has 0 aromatic heterocycles. The van der Waals surface area contributed by atoms with E-state index in [0.717, 1.165) is 19.0 Å². The Morgan fingerprint density at radius 1 is 1.17 bits per heavy atom. The first-order valence-electron chi connectivity index (χ1n) is 11.3. The average molecular weight is 401 g/mol. The summed E-state index contributed by atoms with van der Waals surface area (Å²) in [5.74, 6) is 0.930. The smallest absolute Gasteiger partial charge is 0.191 e. The monoisotopic (exact) mass is 400 g/mol. The van der Waals surface area contributed by atoms with Crippen molar-refractivity contribution in [3.63, 3.8) is 0 Å². The molecule has 2 saturated heterocycles. The highest BCUT2D eigenvalue weighted by Crippen LogP contribution is 2.36. The quantitative estimate of drug-likeness (QED) is 0.540. The van der Waals surface area contributed by atoms with Crippen molar-refractivity contribution in [2.45, 2.75) is 84.2 Å². The third-order valence-corrected chi connectivity index (χ3v) is 6.44. The summed E-state index contributed by atoms with van der Waals surface area (Å²) in [4.78, 5) is 7.59. The summed E-state index contributed by atoms with van der Waals surface area (Å²) in [5, 5.41) is 7.16. The van der Waals surface area contributed by atoms with E-state index in [1.807, 2.05) is 0 Å². The van der Waals surface area contributed by atoms with Crippen LogP contribution < -0.4 is 10.6 Å². The summed E-state index contributed by atoms with van der Waals surface area (Å²) in [6.07, 6.45) is 5.14. The van der Waals surface area contributed by atoms with Crippen LogP contribution in [0.2, 0.25) is 0 Å². The van der Waals surface area contributed by atoms with E-state index in [2.05, 4.69) is 73.6 Å². The maximum absolute atomic E-state index is 5.68. The number of piperidine rings is 1. The Hall–Kier alpha value is -1.59. The molecule has 2 heterocycles. The van der Waals surface area contributed by atoms with Gasteiger partial charge in [-0.2, -0.15) is 0 Å². The summed E-state index contributed by atoms with van der Waals surface area (Å²) in [5.41, 5.74) is 1.51. The molecular formula is C24H40N4O. The number of benzene rings is 1. The minimum absolute atomic E-state index is 0.0808. The first-order chi connectivity index (χ1) is 13.9. The lowest BCUT2D eigenvalue weighted by Gasteiger charge is -2.39. The molecule has 5 heteroatoms. The normalized spacial score (nSPS) is 26.4. The molecule has 0 spiro atoms. The second-order valence-electron chi connectivity index (χ2n) is 9.67. The first kappa shape index (κ1) is 22.1. The van der Waals surface area contributed by atoms with E-state index in [0.29, 0.717) is 24.7 Å². The van der Waals surface area contributed by atoms with Crippen molar-refractivity contribution in [2.75, 3.05) is 20.2 Å². The van der Waals surface area contributed by atoms with Gasteiger partial charge in [0, 0.05) is 38.3 Å². The Bertz CT molecular complexity index is 641. The van der Waals surface area contributed by atoms with Crippen LogP contribution in [0.4, 0.5) is 0 Å². The van der Waals surface area contributed by atoms with Crippen LogP contribution in [0.15, 0.2) is 35.3 Å². The summed E-state index contributed by atoms with van der Waals surface area (Å²) in [6, 6.07) is 12.7. The summed E-state index contributed by atoms with van der Waals surface area (Å²) in [7, 11) is 1.78. The van der Waals surface area contributed by atoms with Gasteiger partial charge >= 0.3 is 0 Å². The molecule has 2 fully saturated rings. The fraction of sp³-hybridized carbons (Fsp3) is 0.708. The molecular weight excluding hydrogens is 360 g/mol. The van der Waals surface area contributed by atoms with Crippen molar-refractivity contribution in [3.8, 4) is 0 Å². The van der Waals surface area contributed by atoms with Crippen molar-refractivity contribution in [2.24, 2.45) is 10.4 Å². The predicted molar refractivity (Wildman–Crippen MR) is 121 cm³/mol. The maximum Gasteiger partial charge on any atom is 0.191 e. The third kappa shape index (κ3) is 5.95. The van der Waals surface area contributed by atoms with Crippen molar-refractivity contribution in [1.29, 1.82) is 0 Å². The van der Waals surface area contributed by atoms with E-state index in [1.54, 1.807) is 7.11 Å². The number of nitrogens with zero attached hydrogens (tertiary/aromatic N) is 2. The van der Waals surface area contributed by atoms with Crippen LogP contribution in [0.25, 0.3) is 0 Å². The zero-order chi connectivity index (χ0) is 20.9. The Morgan fingerprint density at radius 3 is 2.38 bits per heavy atom. The van der Waals surface area contributed by atoms with Crippen molar-refractivity contribution >= 4 is 5.96 Å². The summed E-state index contributed by atoms with van der Waals surface area (Å²) in [6.45, 7) is 11.4. The van der Waals surface area contributed by atoms with Crippen LogP contribution in [0.3, 0.4) is 0 Å². The second kappa shape index (κ2) is 9.94. The highest BCUT2D eigenvalue weighted by Gasteiger charge is 2.40. The van der Waals surface area contributed by atoms with E-state index >= 15 is 0 Å². The molecule has 2 bridgehead atoms. The van der Waals surface area contributed by atoms with Gasteiger partial charge in [-0.15, -0.1) is 0 Å². The van der Waals surface area contributed by atoms with Gasteiger partial charge in [0.15, 0.2) is 5.96 Å². The van der Waals surface area contributed by atoms with Crippen LogP contribution in [0.5, 0.6) is 0 Å². The molecule has 5 nitrogen and oxygen atoms in total. The van der Waals surface area contributed by atoms with Gasteiger partial charge in [-0.25, -0.2) is 0 Å². The van der Waals surface area contributed by atoms with Crippen LogP contribution in [0, 0.1) is 5.41 Å². The van der Waals surface area contributed by atoms with Gasteiger partial charge in [-0.05, 0) is 43.6 Å². The minimum Gasteiger partial charge on any atom is -0.379 e. The highest BCUT2D eigenvalue weighted by atomic mass is 16.5. The van der Waals surface area contributed by atoms with Gasteiger partial charge in [0.1, 0.15) is 0 Å². The van der Waals surface area contributed by atoms with Gasteiger partial charge < -0.3 is 15.4 Å². The van der Waals surface area contributed by atoms with E-state index in [4.69, 9.17) is 9.73 Å². The molecule has 2 aliphatic rings. The van der Waals surface area contributed by atoms with Gasteiger partial charge in [0.2, 0.25) is 0 Å². The number of methoxy groups -OCH3 is 1. The molecule has 0 saturated carbocycles. The molecule has 2 N–H and O–H groups in total. The van der Waals surface area contributed by atoms with E-state index in [9.17, 15) is 0 Å². The summed E-state index contributed by atoms with van der Waals surface area (Å²) >= 11 is 0. The Kier molecular flexibility index (Phi) is 7.58. The Morgan fingerprint density at radius 2 is 1.83 bits per heavy atom. The van der Waals surface area contributed by atoms with Crippen LogP contribution in [-0.4, -0.2) is 55.3 Å². The predicted octanol–water partition coefficient (Wildman–Crippen LogP) is 3.80. The molecule has 3 rings (SSSR count). The molecule has 2 aliphatic heterocycles. The minimum atomic E-state index is 0.0808. The van der Waals surface area contributed by atoms with E-state index in [-0.39, 0.29) is 11.5 Å². The fourth-order valence-corrected chi connectivity index (χ4v) is 4.83. The van der Waals surface area contributed by atoms with Gasteiger partial charge in [0.05, 0.1) is 12.6 Å². The second-order valence-corrected chi connectivity index (χ2v) is 9.67. The Labute approximate surface area is 177 Å². The molecule has 29 heavy (non-hydrogen) atoms. The van der Waals surface area contributed by atoms with E-state index in [1.165, 1.54) is 31.2 Å². The lowest BCUT2D eigenvalue weighted by Crippen LogP contribution is -2.52. The van der Waals surface area contributed by atoms with Crippen LogP contribution in [-0.2, 0) is 11.3 Å². The lowest BCUT2D eigenvalue weighted by molar-refractivity contribution is 0.0241. The SMILES string of the molecule is CCNC(=NCC(OC)C(C)(C)C)NC1CC2CCC(C1)N2Cc1ccccc1. The molecule has 1 aromatic carbocycles. The van der Waals surface area contributed by atoms with Gasteiger partial charge in [-0.3, -0.25) is 9.89 Å². The first-order valence-corrected chi connectivity index (χ1v) is 11.3. The van der Waals surface area contributed by atoms with Gasteiger partial charge in [-0.1, -0.05) is 51.1 Å². The molecule has 1 aromatic rings. The number of guanidine groups is 1. The molecule has 3 atom stereocenters. The standard InChI is InChI=1S/C24H40N4O/c1-6-25-23(26-16-22(29-5)24(2,3)4)27-19-14-20-12-13-21(15-19)28(20)17-18-10-8-7-9-11-18/h7-11,19-22H,6,12-17H2,1-5H3,(H2,25,26,27). The number of hydrogen-bond acceptors (Lipinski definition) is 3. The zero-order valence-corrected chi connectivity index (χ0v) is 18.9. The van der Waals surface area contributed by atoms with Gasteiger partial charge in [0.25, 0.3) is 0 Å². The number of nitrogens with one attached hydrogen (secondary N) is 2. The molecule has 0 radical (unpaired) electrons. The number of ether oxygens (including phenoxy) is 1. The topological polar surface area (TPSA) is 48.9 Å². The molecule has 162 valence electrons. The van der Waals surface area contributed by atoms with E-state index < -0.39 is 0 Å². The number of hydrogen-bond donors (Lipinski definition) is 2. The van der Waals surface area contributed by atoms with Crippen molar-refractivity contribution in [1.82, 2.24) is 15.5 Å². The highest BCUT2D eigenvalue weighted by molar-refractivity contribution is 5.80. The molecule has 0 amide bonds. The molecule has 0 aliphatic carbocycles. The number of fused-ring (bicyclic) bond motifs is 2. The zero-order valence-electron chi connectivity index (χ0n) is 18.9. The summed E-state index contributed by atoms with van der Waals surface area (Å²) < 4.78 is 5.68.